The van der Waals surface area contributed by atoms with Gasteiger partial charge >= 0.3 is 0 Å². The predicted octanol–water partition coefficient (Wildman–Crippen LogP) is 4.30. The highest BCUT2D eigenvalue weighted by Crippen LogP contribution is 2.37. The van der Waals surface area contributed by atoms with Crippen molar-refractivity contribution in [1.82, 2.24) is 9.88 Å². The Morgan fingerprint density at radius 3 is 2.44 bits per heavy atom. The smallest absolute Gasteiger partial charge is 0.221 e. The van der Waals surface area contributed by atoms with Gasteiger partial charge in [0.05, 0.1) is 24.8 Å². The molecule has 5 rings (SSSR count). The average Bonchev–Trinajstić information content (AvgIpc) is 3.24. The minimum absolute atomic E-state index is 0.222. The number of rotatable bonds is 7. The first-order valence-corrected chi connectivity index (χ1v) is 13.1. The highest BCUT2D eigenvalue weighted by atomic mass is 16.3. The quantitative estimate of drug-likeness (QED) is 0.535. The molecule has 0 atom stereocenters. The van der Waals surface area contributed by atoms with E-state index in [9.17, 15) is 4.79 Å². The van der Waals surface area contributed by atoms with E-state index >= 15 is 0 Å². The number of nitrogens with zero attached hydrogens (tertiary/aromatic N) is 4. The van der Waals surface area contributed by atoms with Crippen LogP contribution in [0.15, 0.2) is 47.1 Å². The van der Waals surface area contributed by atoms with Gasteiger partial charge in [-0.25, -0.2) is 0 Å². The summed E-state index contributed by atoms with van der Waals surface area (Å²) >= 11 is 0. The third kappa shape index (κ3) is 5.57. The van der Waals surface area contributed by atoms with Crippen molar-refractivity contribution in [2.24, 2.45) is 5.73 Å². The van der Waals surface area contributed by atoms with Gasteiger partial charge in [-0.2, -0.15) is 0 Å². The molecule has 7 heteroatoms. The van der Waals surface area contributed by atoms with E-state index in [0.717, 1.165) is 68.6 Å². The Hall–Kier alpha value is -3.32. The molecular formula is C29H37N5O2. The predicted molar refractivity (Wildman–Crippen MR) is 144 cm³/mol. The monoisotopic (exact) mass is 487 g/mol. The SMILES string of the molecule is Cc1ccc(-c2cc(C)oc2CN2CCN(c3cncc(CC(N)=O)c3)CC2)c(N2CCCCC2)c1. The van der Waals surface area contributed by atoms with E-state index in [1.54, 1.807) is 6.20 Å². The van der Waals surface area contributed by atoms with Crippen molar-refractivity contribution >= 4 is 17.3 Å². The van der Waals surface area contributed by atoms with Crippen LogP contribution in [-0.4, -0.2) is 55.1 Å². The summed E-state index contributed by atoms with van der Waals surface area (Å²) in [5, 5.41) is 0. The highest BCUT2D eigenvalue weighted by Gasteiger charge is 2.23. The Labute approximate surface area is 213 Å². The molecule has 2 N–H and O–H groups in total. The van der Waals surface area contributed by atoms with Crippen molar-refractivity contribution < 1.29 is 9.21 Å². The fourth-order valence-electron chi connectivity index (χ4n) is 5.49. The molecule has 3 aromatic rings. The highest BCUT2D eigenvalue weighted by molar-refractivity contribution is 5.81. The summed E-state index contributed by atoms with van der Waals surface area (Å²) in [7, 11) is 0. The number of hydrogen-bond donors (Lipinski definition) is 1. The molecule has 190 valence electrons. The molecule has 2 aromatic heterocycles. The fraction of sp³-hybridized carbons (Fsp3) is 0.448. The van der Waals surface area contributed by atoms with Gasteiger partial charge in [0.2, 0.25) is 5.91 Å². The molecule has 7 nitrogen and oxygen atoms in total. The van der Waals surface area contributed by atoms with Crippen LogP contribution >= 0.6 is 0 Å². The second-order valence-corrected chi connectivity index (χ2v) is 10.2. The molecule has 2 fully saturated rings. The third-order valence-electron chi connectivity index (χ3n) is 7.34. The van der Waals surface area contributed by atoms with Gasteiger partial charge in [-0.05, 0) is 62.4 Å². The van der Waals surface area contributed by atoms with Gasteiger partial charge < -0.3 is 20.0 Å². The van der Waals surface area contributed by atoms with Crippen molar-refractivity contribution in [2.75, 3.05) is 49.1 Å². The molecule has 2 saturated heterocycles. The number of aromatic nitrogens is 1. The van der Waals surface area contributed by atoms with E-state index in [4.69, 9.17) is 10.2 Å². The molecule has 0 saturated carbocycles. The Bertz CT molecular complexity index is 1210. The normalized spacial score (nSPS) is 16.9. The van der Waals surface area contributed by atoms with Crippen LogP contribution in [0.3, 0.4) is 0 Å². The van der Waals surface area contributed by atoms with Crippen LogP contribution in [0.1, 0.15) is 41.9 Å². The number of piperidine rings is 1. The van der Waals surface area contributed by atoms with Gasteiger partial charge in [-0.1, -0.05) is 12.1 Å². The number of aryl methyl sites for hydroxylation is 2. The van der Waals surface area contributed by atoms with Gasteiger partial charge in [0.15, 0.2) is 0 Å². The largest absolute Gasteiger partial charge is 0.464 e. The first-order valence-electron chi connectivity index (χ1n) is 13.1. The molecule has 36 heavy (non-hydrogen) atoms. The summed E-state index contributed by atoms with van der Waals surface area (Å²) in [6.45, 7) is 11.0. The van der Waals surface area contributed by atoms with E-state index in [0.29, 0.717) is 0 Å². The molecule has 0 aliphatic carbocycles. The van der Waals surface area contributed by atoms with E-state index < -0.39 is 0 Å². The number of anilines is 2. The second-order valence-electron chi connectivity index (χ2n) is 10.2. The summed E-state index contributed by atoms with van der Waals surface area (Å²) in [6, 6.07) is 11.1. The van der Waals surface area contributed by atoms with Gasteiger partial charge in [0.1, 0.15) is 11.5 Å². The van der Waals surface area contributed by atoms with E-state index in [1.165, 1.54) is 41.6 Å². The lowest BCUT2D eigenvalue weighted by Gasteiger charge is -2.36. The maximum Gasteiger partial charge on any atom is 0.221 e. The van der Waals surface area contributed by atoms with Gasteiger partial charge in [0, 0.05) is 62.3 Å². The third-order valence-corrected chi connectivity index (χ3v) is 7.34. The van der Waals surface area contributed by atoms with E-state index in [2.05, 4.69) is 50.9 Å². The maximum absolute atomic E-state index is 11.3. The van der Waals surface area contributed by atoms with Crippen LogP contribution in [-0.2, 0) is 17.8 Å². The molecule has 2 aliphatic rings. The van der Waals surface area contributed by atoms with Crippen LogP contribution in [0.4, 0.5) is 11.4 Å². The summed E-state index contributed by atoms with van der Waals surface area (Å²) in [6.07, 6.45) is 7.65. The van der Waals surface area contributed by atoms with Crippen molar-refractivity contribution in [3.05, 3.63) is 65.4 Å². The molecule has 0 unspecified atom stereocenters. The van der Waals surface area contributed by atoms with Gasteiger partial charge in [0.25, 0.3) is 0 Å². The number of primary amides is 1. The second kappa shape index (κ2) is 10.7. The molecule has 1 amide bonds. The zero-order valence-corrected chi connectivity index (χ0v) is 21.5. The number of nitrogens with two attached hydrogens (primary N) is 1. The number of pyridine rings is 1. The van der Waals surface area contributed by atoms with Gasteiger partial charge in [-0.3, -0.25) is 14.7 Å². The number of benzene rings is 1. The summed E-state index contributed by atoms with van der Waals surface area (Å²) in [5.74, 6) is 1.68. The van der Waals surface area contributed by atoms with E-state index in [1.807, 2.05) is 19.2 Å². The number of carbonyl (C=O) groups excluding carboxylic acids is 1. The van der Waals surface area contributed by atoms with Crippen LogP contribution in [0, 0.1) is 13.8 Å². The number of amides is 1. The molecular weight excluding hydrogens is 450 g/mol. The Kier molecular flexibility index (Phi) is 7.28. The van der Waals surface area contributed by atoms with Crippen molar-refractivity contribution in [1.29, 1.82) is 0 Å². The van der Waals surface area contributed by atoms with Crippen molar-refractivity contribution in [3.63, 3.8) is 0 Å². The Morgan fingerprint density at radius 1 is 0.917 bits per heavy atom. The minimum Gasteiger partial charge on any atom is -0.464 e. The van der Waals surface area contributed by atoms with Crippen LogP contribution in [0.5, 0.6) is 0 Å². The van der Waals surface area contributed by atoms with Gasteiger partial charge in [-0.15, -0.1) is 0 Å². The molecule has 1 aromatic carbocycles. The molecule has 0 spiro atoms. The maximum atomic E-state index is 11.3. The summed E-state index contributed by atoms with van der Waals surface area (Å²) < 4.78 is 6.28. The standard InChI is InChI=1S/C29H37N5O2/c1-21-6-7-25(27(14-21)34-8-4-3-5-9-34)26-15-22(2)36-28(26)20-32-10-12-33(13-11-32)24-16-23(17-29(30)35)18-31-19-24/h6-7,14-16,18-19H,3-5,8-13,17,20H2,1-2H3,(H2,30,35). The number of piperazine rings is 1. The summed E-state index contributed by atoms with van der Waals surface area (Å²) in [4.78, 5) is 23.0. The molecule has 2 aliphatic heterocycles. The number of carbonyl (C=O) groups is 1. The zero-order chi connectivity index (χ0) is 25.1. The van der Waals surface area contributed by atoms with Crippen LogP contribution in [0.2, 0.25) is 0 Å². The number of hydrogen-bond acceptors (Lipinski definition) is 6. The lowest BCUT2D eigenvalue weighted by Crippen LogP contribution is -2.46. The number of furan rings is 1. The molecule has 0 radical (unpaired) electrons. The van der Waals surface area contributed by atoms with Crippen molar-refractivity contribution in [2.45, 2.75) is 46.1 Å². The van der Waals surface area contributed by atoms with Crippen LogP contribution < -0.4 is 15.5 Å². The van der Waals surface area contributed by atoms with Crippen molar-refractivity contribution in [3.8, 4) is 11.1 Å². The van der Waals surface area contributed by atoms with E-state index in [-0.39, 0.29) is 12.3 Å². The Balaban J connectivity index is 1.30. The zero-order valence-electron chi connectivity index (χ0n) is 21.5. The lowest BCUT2D eigenvalue weighted by atomic mass is 9.99. The Morgan fingerprint density at radius 2 is 1.69 bits per heavy atom. The topological polar surface area (TPSA) is 78.8 Å². The minimum atomic E-state index is -0.333. The van der Waals surface area contributed by atoms with Crippen LogP contribution in [0.25, 0.3) is 11.1 Å². The average molecular weight is 488 g/mol. The fourth-order valence-corrected chi connectivity index (χ4v) is 5.49. The lowest BCUT2D eigenvalue weighted by molar-refractivity contribution is -0.117. The molecule has 0 bridgehead atoms. The first-order chi connectivity index (χ1) is 17.5. The first kappa shape index (κ1) is 24.4. The summed E-state index contributed by atoms with van der Waals surface area (Å²) in [5.41, 5.74) is 12.4. The molecule has 4 heterocycles.